The van der Waals surface area contributed by atoms with E-state index in [4.69, 9.17) is 9.72 Å². The van der Waals surface area contributed by atoms with Gasteiger partial charge in [-0.3, -0.25) is 0 Å². The van der Waals surface area contributed by atoms with E-state index in [0.29, 0.717) is 11.5 Å². The quantitative estimate of drug-likeness (QED) is 0.123. The summed E-state index contributed by atoms with van der Waals surface area (Å²) in [5, 5.41) is 2.21. The Labute approximate surface area is 394 Å². The molecule has 64 heavy (non-hydrogen) atoms. The molecule has 1 aliphatic heterocycles. The second kappa shape index (κ2) is 16.3. The van der Waals surface area contributed by atoms with Gasteiger partial charge in [-0.15, -0.1) is 23.6 Å². The first-order chi connectivity index (χ1) is 29.7. The molecule has 2 aromatic heterocycles. The molecule has 0 unspecified atom stereocenters. The van der Waals surface area contributed by atoms with Crippen molar-refractivity contribution in [1.29, 1.82) is 0 Å². The first-order valence-electron chi connectivity index (χ1n) is 22.1. The van der Waals surface area contributed by atoms with E-state index >= 15 is 0 Å². The van der Waals surface area contributed by atoms with Crippen LogP contribution in [0, 0.1) is 12.1 Å². The number of aromatic nitrogens is 2. The molecular weight excluding hydrogens is 964 g/mol. The fraction of sp³-hybridized carbons (Fsp3) is 0.276. The molecule has 0 N–H and O–H groups in total. The molecule has 9 rings (SSSR count). The molecule has 3 heterocycles. The van der Waals surface area contributed by atoms with Gasteiger partial charge in [0.25, 0.3) is 5.69 Å². The number of para-hydroxylation sites is 1. The Hall–Kier alpha value is -5.86. The zero-order valence-corrected chi connectivity index (χ0v) is 41.5. The molecule has 0 amide bonds. The number of fused-ring (bicyclic) bond motifs is 4. The van der Waals surface area contributed by atoms with Gasteiger partial charge in [0.1, 0.15) is 11.5 Å². The van der Waals surface area contributed by atoms with Gasteiger partial charge < -0.3 is 9.30 Å². The van der Waals surface area contributed by atoms with Gasteiger partial charge in [-0.2, -0.15) is 12.1 Å². The predicted molar refractivity (Wildman–Crippen MR) is 264 cm³/mol. The van der Waals surface area contributed by atoms with Crippen molar-refractivity contribution < 1.29 is 25.8 Å². The minimum Gasteiger partial charge on any atom is -0.509 e. The first kappa shape index (κ1) is 44.7. The van der Waals surface area contributed by atoms with Crippen LogP contribution in [-0.2, 0) is 42.7 Å². The van der Waals surface area contributed by atoms with E-state index in [1.165, 1.54) is 27.8 Å². The number of benzene rings is 6. The van der Waals surface area contributed by atoms with Crippen molar-refractivity contribution in [2.24, 2.45) is 0 Å². The molecule has 5 nitrogen and oxygen atoms in total. The van der Waals surface area contributed by atoms with Crippen molar-refractivity contribution in [3.8, 4) is 28.4 Å². The standard InChI is InChI=1S/C58H58N4O.Pt/c1-55(2,3)40-28-29-59-53(34-40)62-50-27-24-39(38-18-14-13-15-19-38)30-48(50)47-26-25-46(36-52(47)62)63-45-21-16-20-43(35-45)60-37-61(54-49(58(10,11)12)22-17-23-51(54)60)44-32-41(56(4,5)6)31-42(33-44)57(7,8)9;/h13-34H,1-12H3;/q;+2. The Morgan fingerprint density at radius 2 is 1.22 bits per heavy atom. The minimum atomic E-state index is -0.117. The zero-order valence-electron chi connectivity index (χ0n) is 39.2. The van der Waals surface area contributed by atoms with Gasteiger partial charge in [-0.05, 0) is 77.6 Å². The van der Waals surface area contributed by atoms with Gasteiger partial charge in [-0.1, -0.05) is 166 Å². The molecule has 0 radical (unpaired) electrons. The smallest absolute Gasteiger partial charge is 0.509 e. The van der Waals surface area contributed by atoms with Gasteiger partial charge in [0, 0.05) is 47.0 Å². The van der Waals surface area contributed by atoms with Gasteiger partial charge >= 0.3 is 32.8 Å². The molecule has 0 saturated heterocycles. The molecule has 0 spiro atoms. The number of nitrogens with zero attached hydrogens (tertiary/aromatic N) is 4. The molecule has 0 atom stereocenters. The molecule has 0 bridgehead atoms. The first-order valence-corrected chi connectivity index (χ1v) is 22.1. The average Bonchev–Trinajstić information content (AvgIpc) is 3.78. The molecule has 6 aromatic carbocycles. The maximum atomic E-state index is 6.72. The number of ether oxygens (including phenoxy) is 1. The molecule has 0 saturated carbocycles. The Morgan fingerprint density at radius 1 is 0.547 bits per heavy atom. The fourth-order valence-corrected chi connectivity index (χ4v) is 8.52. The topological polar surface area (TPSA) is 33.1 Å². The van der Waals surface area contributed by atoms with Crippen molar-refractivity contribution in [2.75, 3.05) is 0 Å². The summed E-state index contributed by atoms with van der Waals surface area (Å²) < 4.78 is 13.3. The van der Waals surface area contributed by atoms with Crippen LogP contribution in [-0.4, -0.2) is 15.6 Å². The summed E-state index contributed by atoms with van der Waals surface area (Å²) in [6.45, 7) is 27.3. The average molecular weight is 1020 g/mol. The maximum Gasteiger partial charge on any atom is 2.00 e. The van der Waals surface area contributed by atoms with Crippen molar-refractivity contribution in [2.45, 2.75) is 105 Å². The van der Waals surface area contributed by atoms with Gasteiger partial charge in [0.15, 0.2) is 0 Å². The third-order valence-corrected chi connectivity index (χ3v) is 12.2. The van der Waals surface area contributed by atoms with Crippen LogP contribution in [0.25, 0.3) is 38.8 Å². The molecule has 8 aromatic rings. The Bertz CT molecular complexity index is 3130. The van der Waals surface area contributed by atoms with E-state index in [2.05, 4.69) is 224 Å². The summed E-state index contributed by atoms with van der Waals surface area (Å²) in [6, 6.07) is 56.5. The molecular formula is C58H58N4OPt+2. The van der Waals surface area contributed by atoms with Crippen LogP contribution < -0.4 is 13.9 Å². The van der Waals surface area contributed by atoms with Crippen LogP contribution >= 0.6 is 0 Å². The van der Waals surface area contributed by atoms with E-state index in [0.717, 1.165) is 55.9 Å². The predicted octanol–water partition coefficient (Wildman–Crippen LogP) is 15.3. The number of pyridine rings is 1. The van der Waals surface area contributed by atoms with Crippen LogP contribution in [0.15, 0.2) is 134 Å². The SMILES string of the molecule is CC(C)(C)c1cc([N+]2=C=[N+](c3[c-]c(Oc4[c-]c5c(cc4)c4cc(-c6ccccc6)ccc4n5-c4cc(C(C)(C)C)ccn4)ccc3)c3cccc(C(C)(C)C)c32)cc(C(C)(C)C)c1.[Pt+2]. The van der Waals surface area contributed by atoms with Crippen LogP contribution in [0.2, 0.25) is 0 Å². The van der Waals surface area contributed by atoms with E-state index in [9.17, 15) is 0 Å². The van der Waals surface area contributed by atoms with Crippen molar-refractivity contribution in [1.82, 2.24) is 18.7 Å². The van der Waals surface area contributed by atoms with Crippen LogP contribution in [0.4, 0.5) is 22.7 Å². The van der Waals surface area contributed by atoms with E-state index in [1.807, 2.05) is 24.4 Å². The summed E-state index contributed by atoms with van der Waals surface area (Å²) in [7, 11) is 0. The Kier molecular flexibility index (Phi) is 11.4. The third-order valence-electron chi connectivity index (χ3n) is 12.2. The van der Waals surface area contributed by atoms with Crippen molar-refractivity contribution in [3.05, 3.63) is 168 Å². The molecule has 1 aliphatic rings. The zero-order chi connectivity index (χ0) is 44.6. The molecule has 324 valence electrons. The summed E-state index contributed by atoms with van der Waals surface area (Å²) in [4.78, 5) is 4.93. The Morgan fingerprint density at radius 3 is 1.89 bits per heavy atom. The minimum absolute atomic E-state index is 0. The second-order valence-corrected chi connectivity index (χ2v) is 21.1. The van der Waals surface area contributed by atoms with Crippen LogP contribution in [0.3, 0.4) is 0 Å². The molecule has 6 heteroatoms. The number of hydrogen-bond acceptors (Lipinski definition) is 2. The maximum absolute atomic E-state index is 6.72. The van der Waals surface area contributed by atoms with Crippen LogP contribution in [0.5, 0.6) is 11.5 Å². The summed E-state index contributed by atoms with van der Waals surface area (Å²) in [6.07, 6.45) is 1.91. The largest absolute Gasteiger partial charge is 2.00 e. The van der Waals surface area contributed by atoms with E-state index in [1.54, 1.807) is 0 Å². The number of rotatable bonds is 6. The summed E-state index contributed by atoms with van der Waals surface area (Å²) in [5.41, 5.74) is 13.2. The van der Waals surface area contributed by atoms with Crippen molar-refractivity contribution >= 4 is 50.6 Å². The molecule has 0 aliphatic carbocycles. The van der Waals surface area contributed by atoms with E-state index < -0.39 is 0 Å². The van der Waals surface area contributed by atoms with Crippen molar-refractivity contribution in [3.63, 3.8) is 0 Å². The fourth-order valence-electron chi connectivity index (χ4n) is 8.52. The third kappa shape index (κ3) is 8.45. The summed E-state index contributed by atoms with van der Waals surface area (Å²) >= 11 is 0. The summed E-state index contributed by atoms with van der Waals surface area (Å²) in [5.74, 6) is 2.02. The number of hydrogen-bond donors (Lipinski definition) is 0. The monoisotopic (exact) mass is 1020 g/mol. The van der Waals surface area contributed by atoms with Gasteiger partial charge in [-0.25, -0.2) is 4.98 Å². The van der Waals surface area contributed by atoms with E-state index in [-0.39, 0.29) is 42.7 Å². The second-order valence-electron chi connectivity index (χ2n) is 21.1. The Balaban J connectivity index is 0.00000560. The molecule has 0 fully saturated rings. The van der Waals surface area contributed by atoms with Crippen LogP contribution in [0.1, 0.15) is 105 Å². The van der Waals surface area contributed by atoms with Gasteiger partial charge in [0.05, 0.1) is 0 Å². The van der Waals surface area contributed by atoms with Gasteiger partial charge in [0.2, 0.25) is 5.69 Å². The normalized spacial score (nSPS) is 13.1.